The van der Waals surface area contributed by atoms with Gasteiger partial charge < -0.3 is 10.2 Å². The first-order chi connectivity index (χ1) is 12.1. The molecule has 1 aliphatic heterocycles. The number of para-hydroxylation sites is 2. The topological polar surface area (TPSA) is 92.6 Å². The maximum atomic E-state index is 12.6. The Morgan fingerprint density at radius 3 is 2.24 bits per heavy atom. The molecule has 3 rings (SSSR count). The van der Waals surface area contributed by atoms with E-state index >= 15 is 0 Å². The number of nitro benzene ring substituents is 1. The fraction of sp³-hybridized carbons (Fsp3) is 0.222. The highest BCUT2D eigenvalue weighted by atomic mass is 16.6. The smallest absolute Gasteiger partial charge is 0.282 e. The number of benzene rings is 2. The Morgan fingerprint density at radius 1 is 0.960 bits per heavy atom. The van der Waals surface area contributed by atoms with Crippen LogP contribution in [0.2, 0.25) is 0 Å². The Kier molecular flexibility index (Phi) is 4.74. The van der Waals surface area contributed by atoms with Gasteiger partial charge in [-0.3, -0.25) is 19.7 Å². The summed E-state index contributed by atoms with van der Waals surface area (Å²) in [4.78, 5) is 37.4. The van der Waals surface area contributed by atoms with Gasteiger partial charge in [-0.1, -0.05) is 24.3 Å². The molecule has 25 heavy (non-hydrogen) atoms. The number of carbonyl (C=O) groups is 2. The van der Waals surface area contributed by atoms with E-state index in [1.54, 1.807) is 35.2 Å². The minimum atomic E-state index is -0.617. The van der Waals surface area contributed by atoms with Gasteiger partial charge in [0.05, 0.1) is 16.2 Å². The molecule has 7 nitrogen and oxygen atoms in total. The van der Waals surface area contributed by atoms with Crippen molar-refractivity contribution >= 4 is 23.2 Å². The summed E-state index contributed by atoms with van der Waals surface area (Å²) < 4.78 is 0. The van der Waals surface area contributed by atoms with Crippen molar-refractivity contribution in [3.8, 4) is 0 Å². The van der Waals surface area contributed by atoms with E-state index in [-0.39, 0.29) is 17.2 Å². The lowest BCUT2D eigenvalue weighted by atomic mass is 10.1. The number of nitrogens with zero attached hydrogens (tertiary/aromatic N) is 2. The van der Waals surface area contributed by atoms with Gasteiger partial charge in [0, 0.05) is 19.2 Å². The zero-order valence-electron chi connectivity index (χ0n) is 13.5. The number of hydrogen-bond donors (Lipinski definition) is 1. The fourth-order valence-corrected chi connectivity index (χ4v) is 2.88. The zero-order chi connectivity index (χ0) is 17.8. The lowest BCUT2D eigenvalue weighted by Gasteiger charge is -2.18. The lowest BCUT2D eigenvalue weighted by Crippen LogP contribution is -2.28. The highest BCUT2D eigenvalue weighted by Crippen LogP contribution is 2.23. The molecule has 128 valence electrons. The molecule has 1 saturated heterocycles. The molecule has 2 amide bonds. The average molecular weight is 339 g/mol. The summed E-state index contributed by atoms with van der Waals surface area (Å²) in [7, 11) is 0. The summed E-state index contributed by atoms with van der Waals surface area (Å²) >= 11 is 0. The molecule has 7 heteroatoms. The molecule has 2 aromatic rings. The summed E-state index contributed by atoms with van der Waals surface area (Å²) in [5.41, 5.74) is 0.415. The molecule has 1 fully saturated rings. The summed E-state index contributed by atoms with van der Waals surface area (Å²) in [5, 5.41) is 13.7. The van der Waals surface area contributed by atoms with Gasteiger partial charge in [0.2, 0.25) is 0 Å². The van der Waals surface area contributed by atoms with Crippen LogP contribution in [0.3, 0.4) is 0 Å². The molecule has 0 radical (unpaired) electrons. The van der Waals surface area contributed by atoms with Crippen molar-refractivity contribution in [2.75, 3.05) is 18.4 Å². The predicted molar refractivity (Wildman–Crippen MR) is 92.6 cm³/mol. The number of rotatable bonds is 4. The first-order valence-electron chi connectivity index (χ1n) is 8.01. The van der Waals surface area contributed by atoms with E-state index in [1.807, 2.05) is 0 Å². The Labute approximate surface area is 144 Å². The van der Waals surface area contributed by atoms with Crippen LogP contribution in [0.5, 0.6) is 0 Å². The first kappa shape index (κ1) is 16.6. The molecule has 1 N–H and O–H groups in total. The quantitative estimate of drug-likeness (QED) is 0.684. The van der Waals surface area contributed by atoms with Crippen LogP contribution in [-0.4, -0.2) is 34.7 Å². The molecule has 0 unspecified atom stereocenters. The van der Waals surface area contributed by atoms with Gasteiger partial charge in [0.25, 0.3) is 17.5 Å². The lowest BCUT2D eigenvalue weighted by molar-refractivity contribution is -0.385. The molecule has 0 atom stereocenters. The summed E-state index contributed by atoms with van der Waals surface area (Å²) in [6.07, 6.45) is 1.94. The van der Waals surface area contributed by atoms with Crippen molar-refractivity contribution in [1.29, 1.82) is 0 Å². The fourth-order valence-electron chi connectivity index (χ4n) is 2.88. The third-order valence-electron chi connectivity index (χ3n) is 4.14. The van der Waals surface area contributed by atoms with Gasteiger partial charge in [0.15, 0.2) is 0 Å². The predicted octanol–water partition coefficient (Wildman–Crippen LogP) is 3.08. The number of nitrogens with one attached hydrogen (secondary N) is 1. The molecule has 0 saturated carbocycles. The highest BCUT2D eigenvalue weighted by Gasteiger charge is 2.24. The summed E-state index contributed by atoms with van der Waals surface area (Å²) in [6, 6.07) is 12.4. The minimum absolute atomic E-state index is 0.0454. The van der Waals surface area contributed by atoms with Crippen LogP contribution in [-0.2, 0) is 0 Å². The van der Waals surface area contributed by atoms with Crippen LogP contribution in [0.15, 0.2) is 48.5 Å². The minimum Gasteiger partial charge on any atom is -0.339 e. The number of amides is 2. The van der Waals surface area contributed by atoms with Crippen molar-refractivity contribution in [3.63, 3.8) is 0 Å². The Bertz CT molecular complexity index is 829. The van der Waals surface area contributed by atoms with Crippen LogP contribution >= 0.6 is 0 Å². The van der Waals surface area contributed by atoms with E-state index in [9.17, 15) is 19.7 Å². The Hall–Kier alpha value is -3.22. The van der Waals surface area contributed by atoms with Crippen LogP contribution < -0.4 is 5.32 Å². The van der Waals surface area contributed by atoms with Crippen LogP contribution in [0, 0.1) is 10.1 Å². The summed E-state index contributed by atoms with van der Waals surface area (Å²) in [6.45, 7) is 1.40. The van der Waals surface area contributed by atoms with E-state index < -0.39 is 10.8 Å². The van der Waals surface area contributed by atoms with E-state index in [4.69, 9.17) is 0 Å². The van der Waals surface area contributed by atoms with Crippen LogP contribution in [0.1, 0.15) is 33.6 Å². The molecule has 0 spiro atoms. The molecule has 0 aromatic heterocycles. The van der Waals surface area contributed by atoms with Crippen LogP contribution in [0.4, 0.5) is 11.4 Å². The second-order valence-corrected chi connectivity index (χ2v) is 5.77. The van der Waals surface area contributed by atoms with Crippen LogP contribution in [0.25, 0.3) is 0 Å². The number of likely N-dealkylation sites (tertiary alicyclic amines) is 1. The molecular weight excluding hydrogens is 322 g/mol. The molecule has 2 aromatic carbocycles. The van der Waals surface area contributed by atoms with Gasteiger partial charge in [-0.05, 0) is 31.0 Å². The van der Waals surface area contributed by atoms with Crippen molar-refractivity contribution < 1.29 is 14.5 Å². The first-order valence-corrected chi connectivity index (χ1v) is 8.01. The summed E-state index contributed by atoms with van der Waals surface area (Å²) in [5.74, 6) is -0.759. The van der Waals surface area contributed by atoms with E-state index in [0.717, 1.165) is 12.8 Å². The molecule has 0 bridgehead atoms. The Morgan fingerprint density at radius 2 is 1.56 bits per heavy atom. The maximum Gasteiger partial charge on any atom is 0.282 e. The molecule has 1 heterocycles. The SMILES string of the molecule is O=C(Nc1ccccc1C(=O)N1CCCC1)c1ccccc1[N+](=O)[O-]. The standard InChI is InChI=1S/C18H17N3O4/c22-17(14-8-2-4-10-16(14)21(24)25)19-15-9-3-1-7-13(15)18(23)20-11-5-6-12-20/h1-4,7-10H,5-6,11-12H2,(H,19,22). The molecule has 1 aliphatic rings. The second kappa shape index (κ2) is 7.12. The monoisotopic (exact) mass is 339 g/mol. The van der Waals surface area contributed by atoms with E-state index in [1.165, 1.54) is 18.2 Å². The number of carbonyl (C=O) groups excluding carboxylic acids is 2. The normalized spacial score (nSPS) is 13.5. The molecular formula is C18H17N3O4. The van der Waals surface area contributed by atoms with Gasteiger partial charge in [-0.25, -0.2) is 0 Å². The number of hydrogen-bond acceptors (Lipinski definition) is 4. The van der Waals surface area contributed by atoms with Gasteiger partial charge in [-0.15, -0.1) is 0 Å². The highest BCUT2D eigenvalue weighted by molar-refractivity contribution is 6.10. The van der Waals surface area contributed by atoms with Gasteiger partial charge >= 0.3 is 0 Å². The van der Waals surface area contributed by atoms with Crippen molar-refractivity contribution in [1.82, 2.24) is 4.90 Å². The van der Waals surface area contributed by atoms with Crippen molar-refractivity contribution in [2.24, 2.45) is 0 Å². The van der Waals surface area contributed by atoms with E-state index in [2.05, 4.69) is 5.32 Å². The zero-order valence-corrected chi connectivity index (χ0v) is 13.5. The Balaban J connectivity index is 1.87. The average Bonchev–Trinajstić information content (AvgIpc) is 3.16. The van der Waals surface area contributed by atoms with Crippen molar-refractivity contribution in [2.45, 2.75) is 12.8 Å². The third kappa shape index (κ3) is 3.50. The number of nitro groups is 1. The van der Waals surface area contributed by atoms with Gasteiger partial charge in [-0.2, -0.15) is 0 Å². The number of anilines is 1. The largest absolute Gasteiger partial charge is 0.339 e. The third-order valence-corrected chi connectivity index (χ3v) is 4.14. The van der Waals surface area contributed by atoms with E-state index in [0.29, 0.717) is 24.3 Å². The second-order valence-electron chi connectivity index (χ2n) is 5.77. The van der Waals surface area contributed by atoms with Gasteiger partial charge in [0.1, 0.15) is 5.56 Å². The van der Waals surface area contributed by atoms with Crippen molar-refractivity contribution in [3.05, 3.63) is 69.8 Å². The maximum absolute atomic E-state index is 12.6. The molecule has 0 aliphatic carbocycles.